The summed E-state index contributed by atoms with van der Waals surface area (Å²) in [5.41, 5.74) is 2.86. The Kier molecular flexibility index (Phi) is 3.71. The van der Waals surface area contributed by atoms with Crippen molar-refractivity contribution in [3.8, 4) is 11.3 Å². The van der Waals surface area contributed by atoms with Crippen molar-refractivity contribution in [3.63, 3.8) is 0 Å². The van der Waals surface area contributed by atoms with Gasteiger partial charge in [-0.3, -0.25) is 0 Å². The Morgan fingerprint density at radius 2 is 1.84 bits per heavy atom. The lowest BCUT2D eigenvalue weighted by Crippen LogP contribution is -2.35. The molecule has 4 heteroatoms. The summed E-state index contributed by atoms with van der Waals surface area (Å²) in [5, 5.41) is 3.39. The van der Waals surface area contributed by atoms with Crippen LogP contribution in [0.15, 0.2) is 24.3 Å². The molecule has 0 atom stereocenters. The van der Waals surface area contributed by atoms with E-state index < -0.39 is 0 Å². The van der Waals surface area contributed by atoms with Gasteiger partial charge in [-0.1, -0.05) is 0 Å². The van der Waals surface area contributed by atoms with Crippen LogP contribution in [0.5, 0.6) is 0 Å². The van der Waals surface area contributed by atoms with Crippen LogP contribution in [0, 0.1) is 12.7 Å². The smallest absolute Gasteiger partial charge is 0.123 e. The summed E-state index contributed by atoms with van der Waals surface area (Å²) >= 11 is 0. The molecule has 102 valence electrons. The molecule has 2 rings (SSSR count). The molecular formula is C15H20FN3. The van der Waals surface area contributed by atoms with Gasteiger partial charge in [0.1, 0.15) is 11.6 Å². The quantitative estimate of drug-likeness (QED) is 0.889. The maximum atomic E-state index is 12.9. The molecule has 19 heavy (non-hydrogen) atoms. The van der Waals surface area contributed by atoms with E-state index in [-0.39, 0.29) is 11.4 Å². The van der Waals surface area contributed by atoms with Crippen molar-refractivity contribution in [1.82, 2.24) is 15.3 Å². The standard InChI is InChI=1S/C15H20FN3/c1-10-14(11-5-7-12(16)8-6-11)19-13(18-10)9-17-15(2,3)4/h5-8,17H,9H2,1-4H3,(H,18,19). The van der Waals surface area contributed by atoms with Crippen LogP contribution < -0.4 is 5.32 Å². The monoisotopic (exact) mass is 261 g/mol. The fourth-order valence-electron chi connectivity index (χ4n) is 1.84. The highest BCUT2D eigenvalue weighted by Gasteiger charge is 2.12. The van der Waals surface area contributed by atoms with E-state index in [1.54, 1.807) is 12.1 Å². The number of halogens is 1. The molecule has 2 aromatic rings. The first-order valence-electron chi connectivity index (χ1n) is 6.41. The molecule has 1 aromatic heterocycles. The molecule has 0 radical (unpaired) electrons. The Bertz CT molecular complexity index is 550. The number of rotatable bonds is 3. The van der Waals surface area contributed by atoms with Gasteiger partial charge >= 0.3 is 0 Å². The highest BCUT2D eigenvalue weighted by atomic mass is 19.1. The second-order valence-electron chi connectivity index (χ2n) is 5.77. The summed E-state index contributed by atoms with van der Waals surface area (Å²) in [7, 11) is 0. The third kappa shape index (κ3) is 3.64. The maximum Gasteiger partial charge on any atom is 0.123 e. The van der Waals surface area contributed by atoms with Gasteiger partial charge < -0.3 is 10.3 Å². The minimum atomic E-state index is -0.230. The fraction of sp³-hybridized carbons (Fsp3) is 0.400. The number of imidazole rings is 1. The van der Waals surface area contributed by atoms with Crippen molar-refractivity contribution in [2.45, 2.75) is 39.8 Å². The zero-order chi connectivity index (χ0) is 14.0. The summed E-state index contributed by atoms with van der Waals surface area (Å²) in [6.07, 6.45) is 0. The highest BCUT2D eigenvalue weighted by molar-refractivity contribution is 5.61. The lowest BCUT2D eigenvalue weighted by atomic mass is 10.1. The number of hydrogen-bond acceptors (Lipinski definition) is 2. The molecule has 0 unspecified atom stereocenters. The van der Waals surface area contributed by atoms with Gasteiger partial charge in [-0.05, 0) is 52.0 Å². The van der Waals surface area contributed by atoms with Gasteiger partial charge in [0.25, 0.3) is 0 Å². The van der Waals surface area contributed by atoms with Crippen LogP contribution in [-0.2, 0) is 6.54 Å². The Morgan fingerprint density at radius 1 is 1.21 bits per heavy atom. The molecule has 1 aromatic carbocycles. The van der Waals surface area contributed by atoms with Crippen molar-refractivity contribution < 1.29 is 4.39 Å². The first-order valence-corrected chi connectivity index (χ1v) is 6.41. The lowest BCUT2D eigenvalue weighted by Gasteiger charge is -2.19. The van der Waals surface area contributed by atoms with Crippen LogP contribution in [-0.4, -0.2) is 15.5 Å². The van der Waals surface area contributed by atoms with Crippen molar-refractivity contribution >= 4 is 0 Å². The van der Waals surface area contributed by atoms with Crippen molar-refractivity contribution in [1.29, 1.82) is 0 Å². The Labute approximate surface area is 113 Å². The molecule has 0 fully saturated rings. The van der Waals surface area contributed by atoms with Gasteiger partial charge in [0.2, 0.25) is 0 Å². The summed E-state index contributed by atoms with van der Waals surface area (Å²) < 4.78 is 12.9. The van der Waals surface area contributed by atoms with Gasteiger partial charge in [0.05, 0.1) is 12.2 Å². The number of aromatic nitrogens is 2. The minimum absolute atomic E-state index is 0.0523. The Morgan fingerprint density at radius 3 is 2.42 bits per heavy atom. The van der Waals surface area contributed by atoms with Crippen LogP contribution in [0.25, 0.3) is 11.3 Å². The number of aryl methyl sites for hydroxylation is 1. The SMILES string of the molecule is Cc1[nH]c(CNC(C)(C)C)nc1-c1ccc(F)cc1. The van der Waals surface area contributed by atoms with Crippen LogP contribution in [0.2, 0.25) is 0 Å². The molecule has 0 bridgehead atoms. The highest BCUT2D eigenvalue weighted by Crippen LogP contribution is 2.21. The Hall–Kier alpha value is -1.68. The molecule has 3 nitrogen and oxygen atoms in total. The number of benzene rings is 1. The van der Waals surface area contributed by atoms with Gasteiger partial charge in [0.15, 0.2) is 0 Å². The maximum absolute atomic E-state index is 12.9. The second-order valence-corrected chi connectivity index (χ2v) is 5.77. The number of nitrogens with one attached hydrogen (secondary N) is 2. The molecule has 0 aliphatic heterocycles. The average molecular weight is 261 g/mol. The fourth-order valence-corrected chi connectivity index (χ4v) is 1.84. The molecule has 0 spiro atoms. The largest absolute Gasteiger partial charge is 0.344 e. The van der Waals surface area contributed by atoms with Crippen LogP contribution >= 0.6 is 0 Å². The van der Waals surface area contributed by atoms with Crippen molar-refractivity contribution in [2.75, 3.05) is 0 Å². The van der Waals surface area contributed by atoms with E-state index in [1.165, 1.54) is 12.1 Å². The molecule has 0 aliphatic carbocycles. The van der Waals surface area contributed by atoms with Crippen molar-refractivity contribution in [2.24, 2.45) is 0 Å². The zero-order valence-electron chi connectivity index (χ0n) is 11.8. The first-order chi connectivity index (χ1) is 8.85. The van der Waals surface area contributed by atoms with Crippen LogP contribution in [0.1, 0.15) is 32.3 Å². The number of nitrogens with zero attached hydrogens (tertiary/aromatic N) is 1. The third-order valence-electron chi connectivity index (χ3n) is 2.84. The van der Waals surface area contributed by atoms with E-state index in [0.717, 1.165) is 22.8 Å². The van der Waals surface area contributed by atoms with E-state index in [4.69, 9.17) is 0 Å². The molecule has 0 saturated heterocycles. The molecule has 0 aliphatic rings. The molecule has 0 saturated carbocycles. The number of aromatic amines is 1. The summed E-state index contributed by atoms with van der Waals surface area (Å²) in [5.74, 6) is 0.665. The molecule has 1 heterocycles. The lowest BCUT2D eigenvalue weighted by molar-refractivity contribution is 0.418. The van der Waals surface area contributed by atoms with E-state index in [2.05, 4.69) is 36.1 Å². The number of hydrogen-bond donors (Lipinski definition) is 2. The first kappa shape index (κ1) is 13.7. The average Bonchev–Trinajstić information content (AvgIpc) is 2.68. The van der Waals surface area contributed by atoms with Crippen LogP contribution in [0.4, 0.5) is 4.39 Å². The number of H-pyrrole nitrogens is 1. The van der Waals surface area contributed by atoms with E-state index >= 15 is 0 Å². The summed E-state index contributed by atoms with van der Waals surface area (Å²) in [6, 6.07) is 6.41. The molecule has 0 amide bonds. The van der Waals surface area contributed by atoms with Gasteiger partial charge in [-0.2, -0.15) is 0 Å². The topological polar surface area (TPSA) is 40.7 Å². The minimum Gasteiger partial charge on any atom is -0.344 e. The normalized spacial score (nSPS) is 11.8. The zero-order valence-corrected chi connectivity index (χ0v) is 11.8. The van der Waals surface area contributed by atoms with Gasteiger partial charge in [0, 0.05) is 16.8 Å². The van der Waals surface area contributed by atoms with E-state index in [0.29, 0.717) is 6.54 Å². The summed E-state index contributed by atoms with van der Waals surface area (Å²) in [4.78, 5) is 7.84. The predicted octanol–water partition coefficient (Wildman–Crippen LogP) is 3.41. The van der Waals surface area contributed by atoms with Crippen LogP contribution in [0.3, 0.4) is 0 Å². The predicted molar refractivity (Wildman–Crippen MR) is 75.3 cm³/mol. The molecular weight excluding hydrogens is 241 g/mol. The second kappa shape index (κ2) is 5.13. The molecule has 2 N–H and O–H groups in total. The summed E-state index contributed by atoms with van der Waals surface area (Å²) in [6.45, 7) is 9.01. The van der Waals surface area contributed by atoms with Gasteiger partial charge in [-0.15, -0.1) is 0 Å². The van der Waals surface area contributed by atoms with Crippen molar-refractivity contribution in [3.05, 3.63) is 41.6 Å². The third-order valence-corrected chi connectivity index (χ3v) is 2.84. The van der Waals surface area contributed by atoms with E-state index in [1.807, 2.05) is 6.92 Å². The Balaban J connectivity index is 2.19. The van der Waals surface area contributed by atoms with E-state index in [9.17, 15) is 4.39 Å². The van der Waals surface area contributed by atoms with Gasteiger partial charge in [-0.25, -0.2) is 9.37 Å².